The summed E-state index contributed by atoms with van der Waals surface area (Å²) in [5.41, 5.74) is 1.14. The normalized spacial score (nSPS) is 33.5. The van der Waals surface area contributed by atoms with E-state index in [4.69, 9.17) is 18.9 Å². The summed E-state index contributed by atoms with van der Waals surface area (Å²) in [5, 5.41) is 0. The van der Waals surface area contributed by atoms with E-state index in [2.05, 4.69) is 18.2 Å². The van der Waals surface area contributed by atoms with Gasteiger partial charge < -0.3 is 18.9 Å². The second-order valence-corrected chi connectivity index (χ2v) is 6.70. The lowest BCUT2D eigenvalue weighted by Gasteiger charge is -2.22. The van der Waals surface area contributed by atoms with Crippen LogP contribution in [0, 0.1) is 0 Å². The van der Waals surface area contributed by atoms with E-state index in [1.165, 1.54) is 0 Å². The fraction of sp³-hybridized carbons (Fsp3) is 0.556. The molecule has 2 aliphatic heterocycles. The van der Waals surface area contributed by atoms with E-state index in [0.29, 0.717) is 6.61 Å². The molecule has 2 saturated heterocycles. The van der Waals surface area contributed by atoms with Gasteiger partial charge in [0.1, 0.15) is 18.3 Å². The molecule has 1 aromatic rings. The molecule has 3 rings (SSSR count). The molecule has 4 heteroatoms. The first kappa shape index (κ1) is 15.7. The van der Waals surface area contributed by atoms with Crippen molar-refractivity contribution in [1.82, 2.24) is 0 Å². The van der Waals surface area contributed by atoms with Crippen molar-refractivity contribution in [2.24, 2.45) is 0 Å². The third-order valence-corrected chi connectivity index (χ3v) is 3.84. The highest BCUT2D eigenvalue weighted by molar-refractivity contribution is 5.49. The molecule has 0 amide bonds. The number of ether oxygens (including phenoxy) is 4. The molecule has 2 fully saturated rings. The Balaban J connectivity index is 1.74. The van der Waals surface area contributed by atoms with Gasteiger partial charge in [-0.05, 0) is 33.3 Å². The number of rotatable bonds is 3. The minimum Gasteiger partial charge on any atom is -0.348 e. The van der Waals surface area contributed by atoms with E-state index in [-0.39, 0.29) is 18.3 Å². The average molecular weight is 304 g/mol. The van der Waals surface area contributed by atoms with Gasteiger partial charge >= 0.3 is 0 Å². The molecule has 0 N–H and O–H groups in total. The molecule has 2 aliphatic rings. The maximum atomic E-state index is 6.05. The molecule has 0 radical (unpaired) electrons. The molecule has 120 valence electrons. The lowest BCUT2D eigenvalue weighted by molar-refractivity contribution is -0.174. The quantitative estimate of drug-likeness (QED) is 0.858. The van der Waals surface area contributed by atoms with Crippen molar-refractivity contribution in [3.63, 3.8) is 0 Å². The van der Waals surface area contributed by atoms with Gasteiger partial charge in [-0.3, -0.25) is 0 Å². The smallest absolute Gasteiger partial charge is 0.164 e. The van der Waals surface area contributed by atoms with Crippen molar-refractivity contribution >= 4 is 6.08 Å². The fourth-order valence-corrected chi connectivity index (χ4v) is 2.90. The Morgan fingerprint density at radius 2 is 1.68 bits per heavy atom. The highest BCUT2D eigenvalue weighted by atomic mass is 16.8. The fourth-order valence-electron chi connectivity index (χ4n) is 2.90. The zero-order valence-corrected chi connectivity index (χ0v) is 13.6. The number of benzene rings is 1. The van der Waals surface area contributed by atoms with Gasteiger partial charge in [-0.2, -0.15) is 0 Å². The second-order valence-electron chi connectivity index (χ2n) is 6.70. The van der Waals surface area contributed by atoms with Gasteiger partial charge in [-0.1, -0.05) is 42.5 Å². The molecule has 0 aliphatic carbocycles. The van der Waals surface area contributed by atoms with Gasteiger partial charge in [0, 0.05) is 0 Å². The van der Waals surface area contributed by atoms with E-state index >= 15 is 0 Å². The van der Waals surface area contributed by atoms with Crippen LogP contribution < -0.4 is 0 Å². The van der Waals surface area contributed by atoms with E-state index < -0.39 is 11.6 Å². The lowest BCUT2D eigenvalue weighted by atomic mass is 10.1. The molecule has 22 heavy (non-hydrogen) atoms. The molecule has 0 saturated carbocycles. The Kier molecular flexibility index (Phi) is 4.12. The van der Waals surface area contributed by atoms with Crippen LogP contribution in [0.3, 0.4) is 0 Å². The van der Waals surface area contributed by atoms with Crippen LogP contribution in [0.4, 0.5) is 0 Å². The number of hydrogen-bond donors (Lipinski definition) is 0. The van der Waals surface area contributed by atoms with Crippen LogP contribution in [0.5, 0.6) is 0 Å². The van der Waals surface area contributed by atoms with Crippen LogP contribution in [0.1, 0.15) is 33.3 Å². The molecular formula is C18H24O4. The first-order valence-corrected chi connectivity index (χ1v) is 7.75. The molecule has 0 aromatic heterocycles. The minimum atomic E-state index is -0.619. The molecule has 2 heterocycles. The third kappa shape index (κ3) is 3.58. The zero-order valence-electron chi connectivity index (χ0n) is 13.6. The molecule has 1 aromatic carbocycles. The first-order chi connectivity index (χ1) is 10.3. The monoisotopic (exact) mass is 304 g/mol. The van der Waals surface area contributed by atoms with Crippen molar-refractivity contribution in [2.75, 3.05) is 6.61 Å². The Morgan fingerprint density at radius 3 is 2.32 bits per heavy atom. The van der Waals surface area contributed by atoms with Crippen molar-refractivity contribution < 1.29 is 18.9 Å². The summed E-state index contributed by atoms with van der Waals surface area (Å²) in [4.78, 5) is 0. The molecule has 0 unspecified atom stereocenters. The summed E-state index contributed by atoms with van der Waals surface area (Å²) in [6.45, 7) is 8.22. The standard InChI is InChI=1S/C18H24O4/c1-17(2)19-12-15(21-17)16-14(20-18(3,4)22-16)11-10-13-8-6-5-7-9-13/h5-11,14-16H,12H2,1-4H3/b11-10-/t14-,15-,16+/m1/s1. The van der Waals surface area contributed by atoms with Crippen LogP contribution >= 0.6 is 0 Å². The predicted octanol–water partition coefficient (Wildman–Crippen LogP) is 3.37. The van der Waals surface area contributed by atoms with Crippen LogP contribution in [0.2, 0.25) is 0 Å². The topological polar surface area (TPSA) is 36.9 Å². The maximum absolute atomic E-state index is 6.05. The maximum Gasteiger partial charge on any atom is 0.164 e. The van der Waals surface area contributed by atoms with E-state index in [0.717, 1.165) is 5.56 Å². The molecular weight excluding hydrogens is 280 g/mol. The van der Waals surface area contributed by atoms with Gasteiger partial charge in [-0.25, -0.2) is 0 Å². The van der Waals surface area contributed by atoms with Gasteiger partial charge in [0.2, 0.25) is 0 Å². The van der Waals surface area contributed by atoms with Crippen molar-refractivity contribution in [3.05, 3.63) is 42.0 Å². The zero-order chi connectivity index (χ0) is 15.8. The van der Waals surface area contributed by atoms with Gasteiger partial charge in [0.25, 0.3) is 0 Å². The largest absolute Gasteiger partial charge is 0.348 e. The molecule has 0 bridgehead atoms. The van der Waals surface area contributed by atoms with Gasteiger partial charge in [0.05, 0.1) is 6.61 Å². The van der Waals surface area contributed by atoms with Gasteiger partial charge in [0.15, 0.2) is 11.6 Å². The average Bonchev–Trinajstić information content (AvgIpc) is 2.97. The van der Waals surface area contributed by atoms with Crippen molar-refractivity contribution in [2.45, 2.75) is 57.6 Å². The Bertz CT molecular complexity index is 535. The highest BCUT2D eigenvalue weighted by Crippen LogP contribution is 2.36. The highest BCUT2D eigenvalue weighted by Gasteiger charge is 2.48. The van der Waals surface area contributed by atoms with Crippen molar-refractivity contribution in [1.29, 1.82) is 0 Å². The third-order valence-electron chi connectivity index (χ3n) is 3.84. The SMILES string of the molecule is CC1(C)O[C@H]([C@H]2COC(C)(C)O2)[C@@H](/C=C\c2ccccc2)O1. The Labute approximate surface area is 132 Å². The van der Waals surface area contributed by atoms with Gasteiger partial charge in [-0.15, -0.1) is 0 Å². The van der Waals surface area contributed by atoms with E-state index in [1.54, 1.807) is 0 Å². The molecule has 0 spiro atoms. The molecule has 3 atom stereocenters. The second kappa shape index (κ2) is 5.78. The van der Waals surface area contributed by atoms with E-state index in [1.807, 2.05) is 52.0 Å². The van der Waals surface area contributed by atoms with Crippen LogP contribution in [0.15, 0.2) is 36.4 Å². The Morgan fingerprint density at radius 1 is 0.955 bits per heavy atom. The minimum absolute atomic E-state index is 0.123. The Hall–Kier alpha value is -1.20. The predicted molar refractivity (Wildman–Crippen MR) is 84.2 cm³/mol. The summed E-state index contributed by atoms with van der Waals surface area (Å²) in [6.07, 6.45) is 3.66. The molecule has 4 nitrogen and oxygen atoms in total. The van der Waals surface area contributed by atoms with Crippen LogP contribution in [0.25, 0.3) is 6.08 Å². The lowest BCUT2D eigenvalue weighted by Crippen LogP contribution is -2.37. The van der Waals surface area contributed by atoms with Crippen molar-refractivity contribution in [3.8, 4) is 0 Å². The summed E-state index contributed by atoms with van der Waals surface area (Å²) in [7, 11) is 0. The first-order valence-electron chi connectivity index (χ1n) is 7.75. The summed E-state index contributed by atoms with van der Waals surface area (Å²) >= 11 is 0. The van der Waals surface area contributed by atoms with Crippen LogP contribution in [-0.2, 0) is 18.9 Å². The van der Waals surface area contributed by atoms with E-state index in [9.17, 15) is 0 Å². The number of hydrogen-bond acceptors (Lipinski definition) is 4. The summed E-state index contributed by atoms with van der Waals surface area (Å²) in [6, 6.07) is 10.2. The summed E-state index contributed by atoms with van der Waals surface area (Å²) < 4.78 is 23.7. The summed E-state index contributed by atoms with van der Waals surface area (Å²) in [5.74, 6) is -1.18. The van der Waals surface area contributed by atoms with Crippen LogP contribution in [-0.4, -0.2) is 36.5 Å².